The second-order valence-corrected chi connectivity index (χ2v) is 7.91. The number of ether oxygens (including phenoxy) is 1. The van der Waals surface area contributed by atoms with Gasteiger partial charge in [0.25, 0.3) is 0 Å². The average Bonchev–Trinajstić information content (AvgIpc) is 2.94. The molecule has 1 aliphatic rings. The second kappa shape index (κ2) is 6.38. The zero-order valence-electron chi connectivity index (χ0n) is 11.8. The van der Waals surface area contributed by atoms with Gasteiger partial charge in [0.2, 0.25) is 10.0 Å². The number of alkyl halides is 3. The number of hydrogen-bond donors (Lipinski definition) is 1. The van der Waals surface area contributed by atoms with E-state index in [1.54, 1.807) is 11.8 Å². The Balaban J connectivity index is 2.10. The van der Waals surface area contributed by atoms with Gasteiger partial charge < -0.3 is 4.74 Å². The van der Waals surface area contributed by atoms with E-state index in [9.17, 15) is 21.6 Å². The summed E-state index contributed by atoms with van der Waals surface area (Å²) in [6.07, 6.45) is -3.76. The summed E-state index contributed by atoms with van der Waals surface area (Å²) in [6.45, 7) is 0.0971. The number of hydrogen-bond acceptors (Lipinski definition) is 4. The van der Waals surface area contributed by atoms with Gasteiger partial charge in [-0.2, -0.15) is 24.9 Å². The highest BCUT2D eigenvalue weighted by Gasteiger charge is 2.36. The van der Waals surface area contributed by atoms with E-state index in [1.807, 2.05) is 0 Å². The van der Waals surface area contributed by atoms with Gasteiger partial charge in [-0.25, -0.2) is 13.1 Å². The van der Waals surface area contributed by atoms with E-state index in [0.29, 0.717) is 5.75 Å². The minimum atomic E-state index is -4.49. The Bertz CT molecular complexity index is 608. The fourth-order valence-corrected chi connectivity index (χ4v) is 4.61. The van der Waals surface area contributed by atoms with Crippen molar-refractivity contribution in [2.75, 3.05) is 25.2 Å². The highest BCUT2D eigenvalue weighted by molar-refractivity contribution is 7.99. The van der Waals surface area contributed by atoms with E-state index in [0.717, 1.165) is 36.4 Å². The summed E-state index contributed by atoms with van der Waals surface area (Å²) in [6, 6.07) is 3.42. The van der Waals surface area contributed by atoms with Crippen molar-refractivity contribution in [2.45, 2.75) is 23.1 Å². The molecule has 4 nitrogen and oxygen atoms in total. The maximum atomic E-state index is 12.5. The van der Waals surface area contributed by atoms with E-state index in [2.05, 4.69) is 4.72 Å². The lowest BCUT2D eigenvalue weighted by atomic mass is 10.0. The minimum absolute atomic E-state index is 0.0971. The van der Waals surface area contributed by atoms with Gasteiger partial charge in [-0.1, -0.05) is 0 Å². The van der Waals surface area contributed by atoms with Gasteiger partial charge in [-0.3, -0.25) is 0 Å². The molecule has 0 spiro atoms. The van der Waals surface area contributed by atoms with Crippen molar-refractivity contribution in [1.82, 2.24) is 4.72 Å². The summed E-state index contributed by atoms with van der Waals surface area (Å²) in [5.41, 5.74) is -1.43. The SMILES string of the molecule is COC1(CNS(=O)(=O)c2ccc(C(F)(F)F)cc2)CCSC1. The Kier molecular flexibility index (Phi) is 5.10. The summed E-state index contributed by atoms with van der Waals surface area (Å²) in [4.78, 5) is -0.197. The molecule has 2 rings (SSSR count). The Hall–Kier alpha value is -0.770. The molecule has 1 aromatic carbocycles. The summed E-state index contributed by atoms with van der Waals surface area (Å²) in [5.74, 6) is 1.56. The smallest absolute Gasteiger partial charge is 0.376 e. The molecule has 22 heavy (non-hydrogen) atoms. The van der Waals surface area contributed by atoms with E-state index in [1.165, 1.54) is 7.11 Å². The van der Waals surface area contributed by atoms with Crippen LogP contribution < -0.4 is 4.72 Å². The third kappa shape index (κ3) is 3.95. The number of rotatable bonds is 5. The molecule has 1 saturated heterocycles. The standard InChI is InChI=1S/C13H16F3NO3S2/c1-20-12(6-7-21-9-12)8-17-22(18,19)11-4-2-10(3-5-11)13(14,15)16/h2-5,17H,6-9H2,1H3. The number of sulfonamides is 1. The monoisotopic (exact) mass is 355 g/mol. The van der Waals surface area contributed by atoms with Gasteiger partial charge in [0.1, 0.15) is 0 Å². The molecule has 124 valence electrons. The molecule has 0 radical (unpaired) electrons. The molecule has 1 atom stereocenters. The van der Waals surface area contributed by atoms with Crippen LogP contribution in [-0.4, -0.2) is 39.2 Å². The second-order valence-electron chi connectivity index (χ2n) is 5.04. The third-order valence-corrected chi connectivity index (χ3v) is 6.22. The first-order valence-electron chi connectivity index (χ1n) is 6.48. The van der Waals surface area contributed by atoms with E-state index in [-0.39, 0.29) is 11.4 Å². The fourth-order valence-electron chi connectivity index (χ4n) is 2.09. The molecule has 1 heterocycles. The van der Waals surface area contributed by atoms with Crippen LogP contribution in [0.5, 0.6) is 0 Å². The number of methoxy groups -OCH3 is 1. The maximum absolute atomic E-state index is 12.5. The van der Waals surface area contributed by atoms with Crippen LogP contribution in [0.4, 0.5) is 13.2 Å². The van der Waals surface area contributed by atoms with Crippen LogP contribution in [0, 0.1) is 0 Å². The molecule has 0 bridgehead atoms. The van der Waals surface area contributed by atoms with Crippen molar-refractivity contribution < 1.29 is 26.3 Å². The average molecular weight is 355 g/mol. The molecular weight excluding hydrogens is 339 g/mol. The van der Waals surface area contributed by atoms with Crippen LogP contribution in [0.15, 0.2) is 29.2 Å². The van der Waals surface area contributed by atoms with Crippen LogP contribution in [0.1, 0.15) is 12.0 Å². The lowest BCUT2D eigenvalue weighted by Gasteiger charge is -2.26. The normalized spacial score (nSPS) is 22.9. The van der Waals surface area contributed by atoms with Crippen molar-refractivity contribution in [2.24, 2.45) is 0 Å². The molecule has 1 N–H and O–H groups in total. The van der Waals surface area contributed by atoms with Crippen LogP contribution in [-0.2, 0) is 20.9 Å². The summed E-state index contributed by atoms with van der Waals surface area (Å²) < 4.78 is 69.6. The van der Waals surface area contributed by atoms with Crippen LogP contribution in [0.2, 0.25) is 0 Å². The number of benzene rings is 1. The third-order valence-electron chi connectivity index (χ3n) is 3.58. The quantitative estimate of drug-likeness (QED) is 0.882. The van der Waals surface area contributed by atoms with Gasteiger partial charge in [0.15, 0.2) is 0 Å². The Morgan fingerprint density at radius 2 is 1.95 bits per heavy atom. The van der Waals surface area contributed by atoms with Gasteiger partial charge in [-0.15, -0.1) is 0 Å². The first-order chi connectivity index (χ1) is 10.2. The summed E-state index contributed by atoms with van der Waals surface area (Å²) in [5, 5.41) is 0. The van der Waals surface area contributed by atoms with Crippen LogP contribution in [0.3, 0.4) is 0 Å². The Morgan fingerprint density at radius 1 is 1.32 bits per heavy atom. The first kappa shape index (κ1) is 17.6. The lowest BCUT2D eigenvalue weighted by molar-refractivity contribution is -0.137. The largest absolute Gasteiger partial charge is 0.416 e. The maximum Gasteiger partial charge on any atom is 0.416 e. The van der Waals surface area contributed by atoms with Crippen molar-refractivity contribution >= 4 is 21.8 Å². The van der Waals surface area contributed by atoms with E-state index >= 15 is 0 Å². The fraction of sp³-hybridized carbons (Fsp3) is 0.538. The van der Waals surface area contributed by atoms with E-state index < -0.39 is 27.4 Å². The zero-order valence-corrected chi connectivity index (χ0v) is 13.4. The molecular formula is C13H16F3NO3S2. The molecule has 1 fully saturated rings. The van der Waals surface area contributed by atoms with Crippen molar-refractivity contribution in [3.8, 4) is 0 Å². The molecule has 0 saturated carbocycles. The van der Waals surface area contributed by atoms with Crippen molar-refractivity contribution in [1.29, 1.82) is 0 Å². The highest BCUT2D eigenvalue weighted by Crippen LogP contribution is 2.31. The summed E-state index contributed by atoms with van der Waals surface area (Å²) in [7, 11) is -2.34. The number of nitrogens with one attached hydrogen (secondary N) is 1. The Labute approximate surface area is 131 Å². The first-order valence-corrected chi connectivity index (χ1v) is 9.12. The zero-order chi connectivity index (χ0) is 16.4. The lowest BCUT2D eigenvalue weighted by Crippen LogP contribution is -2.44. The summed E-state index contributed by atoms with van der Waals surface area (Å²) >= 11 is 1.67. The van der Waals surface area contributed by atoms with Gasteiger partial charge >= 0.3 is 6.18 Å². The van der Waals surface area contributed by atoms with Gasteiger partial charge in [-0.05, 0) is 36.4 Å². The van der Waals surface area contributed by atoms with Crippen molar-refractivity contribution in [3.63, 3.8) is 0 Å². The van der Waals surface area contributed by atoms with Gasteiger partial charge in [0.05, 0.1) is 16.1 Å². The number of thioether (sulfide) groups is 1. The highest BCUT2D eigenvalue weighted by atomic mass is 32.2. The van der Waals surface area contributed by atoms with Gasteiger partial charge in [0, 0.05) is 19.4 Å². The molecule has 1 unspecified atom stereocenters. The van der Waals surface area contributed by atoms with E-state index in [4.69, 9.17) is 4.74 Å². The van der Waals surface area contributed by atoms with Crippen LogP contribution in [0.25, 0.3) is 0 Å². The Morgan fingerprint density at radius 3 is 2.41 bits per heavy atom. The molecule has 0 aromatic heterocycles. The molecule has 0 aliphatic carbocycles. The molecule has 1 aromatic rings. The predicted octanol–water partition coefficient (Wildman–Crippen LogP) is 2.51. The molecule has 9 heteroatoms. The number of halogens is 3. The predicted molar refractivity (Wildman–Crippen MR) is 78.3 cm³/mol. The van der Waals surface area contributed by atoms with Crippen molar-refractivity contribution in [3.05, 3.63) is 29.8 Å². The molecule has 1 aliphatic heterocycles. The minimum Gasteiger partial charge on any atom is -0.376 e. The molecule has 0 amide bonds. The van der Waals surface area contributed by atoms with Crippen LogP contribution >= 0.6 is 11.8 Å². The topological polar surface area (TPSA) is 55.4 Å².